The Kier molecular flexibility index (Phi) is 4.22. The summed E-state index contributed by atoms with van der Waals surface area (Å²) >= 11 is 1.66. The zero-order chi connectivity index (χ0) is 13.8. The first kappa shape index (κ1) is 13.6. The van der Waals surface area contributed by atoms with Gasteiger partial charge < -0.3 is 11.1 Å². The third-order valence-corrected chi connectivity index (χ3v) is 4.13. The maximum atomic E-state index is 12.2. The number of nitrogen functional groups attached to an aromatic ring is 1. The maximum Gasteiger partial charge on any atom is 0.251 e. The number of rotatable bonds is 4. The van der Waals surface area contributed by atoms with E-state index in [1.807, 2.05) is 36.6 Å². The third kappa shape index (κ3) is 3.15. The lowest BCUT2D eigenvalue weighted by Gasteiger charge is -2.16. The molecule has 1 atom stereocenters. The summed E-state index contributed by atoms with van der Waals surface area (Å²) in [6, 6.07) is 9.51. The predicted octanol–water partition coefficient (Wildman–Crippen LogP) is 3.52. The fourth-order valence-corrected chi connectivity index (χ4v) is 2.75. The molecule has 3 nitrogen and oxygen atoms in total. The number of hydrogen-bond acceptors (Lipinski definition) is 3. The molecule has 0 aliphatic rings. The van der Waals surface area contributed by atoms with Crippen molar-refractivity contribution in [1.29, 1.82) is 0 Å². The first-order valence-corrected chi connectivity index (χ1v) is 7.20. The minimum absolute atomic E-state index is 0.0648. The van der Waals surface area contributed by atoms with Crippen LogP contribution in [-0.4, -0.2) is 5.91 Å². The van der Waals surface area contributed by atoms with Crippen molar-refractivity contribution in [2.24, 2.45) is 0 Å². The molecule has 100 valence electrons. The van der Waals surface area contributed by atoms with Crippen molar-refractivity contribution in [3.8, 4) is 0 Å². The second kappa shape index (κ2) is 5.89. The number of benzene rings is 1. The van der Waals surface area contributed by atoms with Gasteiger partial charge in [-0.2, -0.15) is 0 Å². The Labute approximate surface area is 117 Å². The van der Waals surface area contributed by atoms with E-state index in [1.54, 1.807) is 17.4 Å². The Morgan fingerprint density at radius 2 is 2.21 bits per heavy atom. The highest BCUT2D eigenvalue weighted by Crippen LogP contribution is 2.22. The molecule has 1 amide bonds. The van der Waals surface area contributed by atoms with Crippen molar-refractivity contribution in [2.75, 3.05) is 5.73 Å². The second-order valence-corrected chi connectivity index (χ2v) is 5.50. The van der Waals surface area contributed by atoms with Crippen molar-refractivity contribution in [3.63, 3.8) is 0 Å². The van der Waals surface area contributed by atoms with E-state index in [0.29, 0.717) is 11.3 Å². The largest absolute Gasteiger partial charge is 0.398 e. The topological polar surface area (TPSA) is 55.1 Å². The van der Waals surface area contributed by atoms with E-state index in [9.17, 15) is 4.79 Å². The molecule has 0 saturated heterocycles. The Morgan fingerprint density at radius 3 is 2.79 bits per heavy atom. The van der Waals surface area contributed by atoms with Crippen molar-refractivity contribution in [1.82, 2.24) is 5.32 Å². The number of anilines is 1. The average molecular weight is 274 g/mol. The van der Waals surface area contributed by atoms with Crippen molar-refractivity contribution >= 4 is 22.9 Å². The van der Waals surface area contributed by atoms with Crippen LogP contribution in [0.2, 0.25) is 0 Å². The summed E-state index contributed by atoms with van der Waals surface area (Å²) in [7, 11) is 0. The van der Waals surface area contributed by atoms with Gasteiger partial charge in [0.1, 0.15) is 0 Å². The van der Waals surface area contributed by atoms with E-state index >= 15 is 0 Å². The van der Waals surface area contributed by atoms with Gasteiger partial charge in [-0.15, -0.1) is 11.3 Å². The van der Waals surface area contributed by atoms with Gasteiger partial charge in [0.15, 0.2) is 0 Å². The van der Waals surface area contributed by atoms with E-state index < -0.39 is 0 Å². The summed E-state index contributed by atoms with van der Waals surface area (Å²) in [5.41, 5.74) is 8.09. The van der Waals surface area contributed by atoms with Gasteiger partial charge in [-0.1, -0.05) is 19.1 Å². The third-order valence-electron chi connectivity index (χ3n) is 3.14. The fourth-order valence-electron chi connectivity index (χ4n) is 1.89. The molecule has 4 heteroatoms. The molecule has 0 bridgehead atoms. The monoisotopic (exact) mass is 274 g/mol. The standard InChI is InChI=1S/C15H18N2OS/c1-3-13(14-5-4-8-19-14)17-15(18)11-7-6-10(2)12(16)9-11/h4-9,13H,3,16H2,1-2H3,(H,17,18). The number of amides is 1. The molecule has 0 saturated carbocycles. The molecule has 1 unspecified atom stereocenters. The predicted molar refractivity (Wildman–Crippen MR) is 80.4 cm³/mol. The summed E-state index contributed by atoms with van der Waals surface area (Å²) in [4.78, 5) is 13.4. The molecule has 0 aliphatic carbocycles. The number of aryl methyl sites for hydroxylation is 1. The Hall–Kier alpha value is -1.81. The molecule has 3 N–H and O–H groups in total. The highest BCUT2D eigenvalue weighted by Gasteiger charge is 2.15. The second-order valence-electron chi connectivity index (χ2n) is 4.52. The molecular formula is C15H18N2OS. The van der Waals surface area contributed by atoms with Crippen molar-refractivity contribution in [2.45, 2.75) is 26.3 Å². The van der Waals surface area contributed by atoms with Gasteiger partial charge in [-0.05, 0) is 42.5 Å². The molecule has 0 fully saturated rings. The summed E-state index contributed by atoms with van der Waals surface area (Å²) in [5, 5.41) is 5.07. The van der Waals surface area contributed by atoms with Gasteiger partial charge in [0.25, 0.3) is 5.91 Å². The Balaban J connectivity index is 2.13. The maximum absolute atomic E-state index is 12.2. The first-order valence-electron chi connectivity index (χ1n) is 6.32. The molecule has 0 aliphatic heterocycles. The average Bonchev–Trinajstić information content (AvgIpc) is 2.92. The molecule has 1 heterocycles. The van der Waals surface area contributed by atoms with Crippen molar-refractivity contribution < 1.29 is 4.79 Å². The molecule has 2 rings (SSSR count). The molecule has 0 spiro atoms. The minimum atomic E-state index is -0.0769. The van der Waals surface area contributed by atoms with Crippen LogP contribution in [0.15, 0.2) is 35.7 Å². The van der Waals surface area contributed by atoms with E-state index in [1.165, 1.54) is 4.88 Å². The van der Waals surface area contributed by atoms with Crippen LogP contribution in [0.4, 0.5) is 5.69 Å². The van der Waals surface area contributed by atoms with Crippen LogP contribution >= 0.6 is 11.3 Å². The van der Waals surface area contributed by atoms with E-state index in [2.05, 4.69) is 12.2 Å². The van der Waals surface area contributed by atoms with Crippen molar-refractivity contribution in [3.05, 3.63) is 51.7 Å². The number of thiophene rings is 1. The zero-order valence-corrected chi connectivity index (χ0v) is 12.0. The number of nitrogens with two attached hydrogens (primary N) is 1. The molecule has 1 aromatic carbocycles. The summed E-state index contributed by atoms with van der Waals surface area (Å²) in [6.45, 7) is 3.99. The Morgan fingerprint density at radius 1 is 1.42 bits per heavy atom. The van der Waals surface area contributed by atoms with Crippen LogP contribution in [0.1, 0.15) is 40.2 Å². The lowest BCUT2D eigenvalue weighted by Crippen LogP contribution is -2.27. The SMILES string of the molecule is CCC(NC(=O)c1ccc(C)c(N)c1)c1cccs1. The fraction of sp³-hybridized carbons (Fsp3) is 0.267. The van der Waals surface area contributed by atoms with Gasteiger partial charge in [0.2, 0.25) is 0 Å². The number of hydrogen-bond donors (Lipinski definition) is 2. The zero-order valence-electron chi connectivity index (χ0n) is 11.1. The van der Waals surface area contributed by atoms with E-state index in [4.69, 9.17) is 5.73 Å². The van der Waals surface area contributed by atoms with Crippen LogP contribution in [0, 0.1) is 6.92 Å². The first-order chi connectivity index (χ1) is 9.11. The highest BCUT2D eigenvalue weighted by molar-refractivity contribution is 7.10. The van der Waals surface area contributed by atoms with Gasteiger partial charge >= 0.3 is 0 Å². The molecule has 0 radical (unpaired) electrons. The molecule has 1 aromatic heterocycles. The van der Waals surface area contributed by atoms with Crippen LogP contribution in [0.3, 0.4) is 0 Å². The van der Waals surface area contributed by atoms with E-state index in [0.717, 1.165) is 12.0 Å². The lowest BCUT2D eigenvalue weighted by atomic mass is 10.1. The van der Waals surface area contributed by atoms with Crippen LogP contribution in [0.5, 0.6) is 0 Å². The molecular weight excluding hydrogens is 256 g/mol. The van der Waals surface area contributed by atoms with Gasteiger partial charge in [-0.25, -0.2) is 0 Å². The number of nitrogens with one attached hydrogen (secondary N) is 1. The number of carbonyl (C=O) groups excluding carboxylic acids is 1. The minimum Gasteiger partial charge on any atom is -0.398 e. The summed E-state index contributed by atoms with van der Waals surface area (Å²) < 4.78 is 0. The van der Waals surface area contributed by atoms with Gasteiger partial charge in [-0.3, -0.25) is 4.79 Å². The summed E-state index contributed by atoms with van der Waals surface area (Å²) in [6.07, 6.45) is 0.869. The van der Waals surface area contributed by atoms with E-state index in [-0.39, 0.29) is 11.9 Å². The van der Waals surface area contributed by atoms with Crippen LogP contribution in [0.25, 0.3) is 0 Å². The quantitative estimate of drug-likeness (QED) is 0.838. The lowest BCUT2D eigenvalue weighted by molar-refractivity contribution is 0.0936. The number of carbonyl (C=O) groups is 1. The highest BCUT2D eigenvalue weighted by atomic mass is 32.1. The van der Waals surface area contributed by atoms with Gasteiger partial charge in [0.05, 0.1) is 6.04 Å². The van der Waals surface area contributed by atoms with Crippen LogP contribution < -0.4 is 11.1 Å². The van der Waals surface area contributed by atoms with Crippen LogP contribution in [-0.2, 0) is 0 Å². The van der Waals surface area contributed by atoms with Gasteiger partial charge in [0, 0.05) is 16.1 Å². The smallest absolute Gasteiger partial charge is 0.251 e. The Bertz CT molecular complexity index is 564. The molecule has 19 heavy (non-hydrogen) atoms. The normalized spacial score (nSPS) is 12.1. The molecule has 2 aromatic rings. The summed E-state index contributed by atoms with van der Waals surface area (Å²) in [5.74, 6) is -0.0769.